The first-order chi connectivity index (χ1) is 10.5. The molecule has 2 aromatic rings. The Morgan fingerprint density at radius 3 is 2.82 bits per heavy atom. The van der Waals surface area contributed by atoms with Gasteiger partial charge in [-0.3, -0.25) is 14.0 Å². The molecule has 1 amide bonds. The Balaban J connectivity index is 1.88. The van der Waals surface area contributed by atoms with Crippen LogP contribution in [-0.4, -0.2) is 15.3 Å². The Hall–Kier alpha value is -2.17. The number of fused-ring (bicyclic) bond motifs is 1. The molecule has 1 aliphatic carbocycles. The predicted octanol–water partition coefficient (Wildman–Crippen LogP) is 2.83. The van der Waals surface area contributed by atoms with E-state index >= 15 is 0 Å². The van der Waals surface area contributed by atoms with E-state index in [2.05, 4.69) is 10.3 Å². The second kappa shape index (κ2) is 5.91. The Labute approximate surface area is 129 Å². The molecule has 1 fully saturated rings. The lowest BCUT2D eigenvalue weighted by atomic mass is 10.0. The summed E-state index contributed by atoms with van der Waals surface area (Å²) in [7, 11) is 0. The molecule has 0 atom stereocenters. The number of nitrogens with zero attached hydrogens (tertiary/aromatic N) is 2. The van der Waals surface area contributed by atoms with E-state index in [0.717, 1.165) is 18.4 Å². The molecule has 22 heavy (non-hydrogen) atoms. The molecule has 0 unspecified atom stereocenters. The summed E-state index contributed by atoms with van der Waals surface area (Å²) in [5.74, 6) is 0.375. The number of aromatic nitrogens is 2. The number of carbonyl (C=O) groups is 1. The summed E-state index contributed by atoms with van der Waals surface area (Å²) >= 11 is 0. The number of amides is 1. The third kappa shape index (κ3) is 2.89. The Morgan fingerprint density at radius 1 is 1.36 bits per heavy atom. The summed E-state index contributed by atoms with van der Waals surface area (Å²) in [6, 6.07) is 3.72. The maximum absolute atomic E-state index is 12.5. The highest BCUT2D eigenvalue weighted by Crippen LogP contribution is 2.27. The van der Waals surface area contributed by atoms with Crippen LogP contribution in [0.1, 0.15) is 43.4 Å². The maximum atomic E-state index is 12.5. The molecule has 1 N–H and O–H groups in total. The summed E-state index contributed by atoms with van der Waals surface area (Å²) in [5, 5.41) is 2.78. The number of anilines is 1. The lowest BCUT2D eigenvalue weighted by Crippen LogP contribution is -2.25. The van der Waals surface area contributed by atoms with E-state index < -0.39 is 0 Å². The van der Waals surface area contributed by atoms with E-state index in [4.69, 9.17) is 0 Å². The van der Waals surface area contributed by atoms with Gasteiger partial charge in [-0.05, 0) is 50.3 Å². The highest BCUT2D eigenvalue weighted by atomic mass is 16.2. The average molecular weight is 299 g/mol. The van der Waals surface area contributed by atoms with Crippen molar-refractivity contribution in [1.82, 2.24) is 9.38 Å². The number of hydrogen-bond acceptors (Lipinski definition) is 3. The van der Waals surface area contributed by atoms with E-state index in [1.165, 1.54) is 17.2 Å². The number of hydrogen-bond donors (Lipinski definition) is 1. The first kappa shape index (κ1) is 14.8. The Bertz CT molecular complexity index is 773. The van der Waals surface area contributed by atoms with E-state index in [1.807, 2.05) is 19.1 Å². The van der Waals surface area contributed by atoms with Gasteiger partial charge in [0.1, 0.15) is 11.3 Å². The smallest absolute Gasteiger partial charge is 0.281 e. The summed E-state index contributed by atoms with van der Waals surface area (Å²) < 4.78 is 1.48. The number of rotatable bonds is 3. The van der Waals surface area contributed by atoms with E-state index in [9.17, 15) is 9.59 Å². The lowest BCUT2D eigenvalue weighted by Gasteiger charge is -2.12. The monoisotopic (exact) mass is 299 g/mol. The van der Waals surface area contributed by atoms with Gasteiger partial charge in [0.05, 0.1) is 5.69 Å². The van der Waals surface area contributed by atoms with Gasteiger partial charge in [0.25, 0.3) is 5.56 Å². The van der Waals surface area contributed by atoms with Crippen LogP contribution in [-0.2, 0) is 4.79 Å². The van der Waals surface area contributed by atoms with Crippen LogP contribution in [0.2, 0.25) is 0 Å². The minimum absolute atomic E-state index is 0.0824. The highest BCUT2D eigenvalue weighted by Gasteiger charge is 2.20. The van der Waals surface area contributed by atoms with Crippen molar-refractivity contribution in [2.75, 3.05) is 5.32 Å². The minimum Gasteiger partial charge on any atom is -0.320 e. The van der Waals surface area contributed by atoms with Crippen LogP contribution in [0.15, 0.2) is 23.1 Å². The molecule has 0 bridgehead atoms. The topological polar surface area (TPSA) is 63.5 Å². The summed E-state index contributed by atoms with van der Waals surface area (Å²) in [4.78, 5) is 29.1. The first-order valence-corrected chi connectivity index (χ1v) is 7.84. The number of aryl methyl sites for hydroxylation is 2. The van der Waals surface area contributed by atoms with E-state index in [1.54, 1.807) is 13.1 Å². The van der Waals surface area contributed by atoms with Gasteiger partial charge in [-0.25, -0.2) is 4.98 Å². The minimum atomic E-state index is -0.220. The summed E-state index contributed by atoms with van der Waals surface area (Å²) in [5.41, 5.74) is 2.29. The molecule has 3 rings (SSSR count). The average Bonchev–Trinajstić information content (AvgIpc) is 2.96. The number of carbonyl (C=O) groups excluding carboxylic acids is 1. The molecule has 0 aliphatic heterocycles. The molecule has 0 spiro atoms. The van der Waals surface area contributed by atoms with Gasteiger partial charge in [0, 0.05) is 12.6 Å². The maximum Gasteiger partial charge on any atom is 0.281 e. The molecule has 2 heterocycles. The summed E-state index contributed by atoms with van der Waals surface area (Å²) in [6.45, 7) is 3.72. The zero-order valence-electron chi connectivity index (χ0n) is 13.1. The number of pyridine rings is 1. The van der Waals surface area contributed by atoms with Crippen LogP contribution in [0.3, 0.4) is 0 Å². The molecule has 0 radical (unpaired) electrons. The van der Waals surface area contributed by atoms with Gasteiger partial charge < -0.3 is 5.32 Å². The largest absolute Gasteiger partial charge is 0.320 e. The molecular formula is C17H21N3O2. The van der Waals surface area contributed by atoms with Crippen molar-refractivity contribution >= 4 is 17.2 Å². The zero-order chi connectivity index (χ0) is 15.7. The first-order valence-electron chi connectivity index (χ1n) is 7.84. The van der Waals surface area contributed by atoms with Gasteiger partial charge in [0.2, 0.25) is 5.91 Å². The molecule has 5 heteroatoms. The third-order valence-corrected chi connectivity index (χ3v) is 4.38. The second-order valence-corrected chi connectivity index (χ2v) is 6.21. The van der Waals surface area contributed by atoms with Crippen molar-refractivity contribution < 1.29 is 4.79 Å². The predicted molar refractivity (Wildman–Crippen MR) is 86.1 cm³/mol. The van der Waals surface area contributed by atoms with Gasteiger partial charge >= 0.3 is 0 Å². The van der Waals surface area contributed by atoms with Crippen LogP contribution < -0.4 is 10.9 Å². The molecule has 1 saturated carbocycles. The molecule has 5 nitrogen and oxygen atoms in total. The van der Waals surface area contributed by atoms with Crippen LogP contribution in [0.5, 0.6) is 0 Å². The quantitative estimate of drug-likeness (QED) is 0.948. The SMILES string of the molecule is Cc1ccn2c(=O)c(NC(=O)CC3CCCC3)c(C)nc2c1. The normalized spacial score (nSPS) is 15.4. The zero-order valence-corrected chi connectivity index (χ0v) is 13.1. The number of nitrogens with one attached hydrogen (secondary N) is 1. The van der Waals surface area contributed by atoms with Crippen molar-refractivity contribution in [1.29, 1.82) is 0 Å². The molecule has 1 aliphatic rings. The van der Waals surface area contributed by atoms with Gasteiger partial charge in [-0.2, -0.15) is 0 Å². The molecule has 0 aromatic carbocycles. The van der Waals surface area contributed by atoms with E-state index in [0.29, 0.717) is 29.4 Å². The molecular weight excluding hydrogens is 278 g/mol. The third-order valence-electron chi connectivity index (χ3n) is 4.38. The van der Waals surface area contributed by atoms with Crippen molar-refractivity contribution in [3.8, 4) is 0 Å². The Morgan fingerprint density at radius 2 is 2.09 bits per heavy atom. The van der Waals surface area contributed by atoms with Crippen molar-refractivity contribution in [3.05, 3.63) is 39.9 Å². The van der Waals surface area contributed by atoms with Crippen LogP contribution in [0.25, 0.3) is 5.65 Å². The van der Waals surface area contributed by atoms with Crippen LogP contribution >= 0.6 is 0 Å². The van der Waals surface area contributed by atoms with Crippen molar-refractivity contribution in [2.24, 2.45) is 5.92 Å². The van der Waals surface area contributed by atoms with Gasteiger partial charge in [-0.1, -0.05) is 12.8 Å². The molecule has 0 saturated heterocycles. The fraction of sp³-hybridized carbons (Fsp3) is 0.471. The fourth-order valence-electron chi connectivity index (χ4n) is 3.16. The fourth-order valence-corrected chi connectivity index (χ4v) is 3.16. The van der Waals surface area contributed by atoms with Crippen molar-refractivity contribution in [3.63, 3.8) is 0 Å². The van der Waals surface area contributed by atoms with Gasteiger partial charge in [-0.15, -0.1) is 0 Å². The highest BCUT2D eigenvalue weighted by molar-refractivity contribution is 5.91. The van der Waals surface area contributed by atoms with Gasteiger partial charge in [0.15, 0.2) is 0 Å². The molecule has 2 aromatic heterocycles. The Kier molecular flexibility index (Phi) is 3.96. The standard InChI is InChI=1S/C17H21N3O2/c1-11-7-8-20-14(9-11)18-12(2)16(17(20)22)19-15(21)10-13-5-3-4-6-13/h7-9,13H,3-6,10H2,1-2H3,(H,19,21). The van der Waals surface area contributed by atoms with E-state index in [-0.39, 0.29) is 11.5 Å². The lowest BCUT2D eigenvalue weighted by molar-refractivity contribution is -0.117. The second-order valence-electron chi connectivity index (χ2n) is 6.21. The van der Waals surface area contributed by atoms with Crippen molar-refractivity contribution in [2.45, 2.75) is 46.0 Å². The molecule has 116 valence electrons. The summed E-state index contributed by atoms with van der Waals surface area (Å²) in [6.07, 6.45) is 6.83. The van der Waals surface area contributed by atoms with Crippen LogP contribution in [0.4, 0.5) is 5.69 Å². The van der Waals surface area contributed by atoms with Crippen LogP contribution in [0, 0.1) is 19.8 Å².